The number of aromatic amines is 1. The van der Waals surface area contributed by atoms with Crippen LogP contribution in [0.15, 0.2) is 40.7 Å². The van der Waals surface area contributed by atoms with E-state index in [1.54, 1.807) is 24.3 Å². The van der Waals surface area contributed by atoms with Crippen LogP contribution < -0.4 is 5.56 Å². The molecule has 1 N–H and O–H groups in total. The van der Waals surface area contributed by atoms with Crippen molar-refractivity contribution in [3.8, 4) is 6.07 Å². The Morgan fingerprint density at radius 2 is 2.03 bits per heavy atom. The molecule has 0 aliphatic rings. The highest BCUT2D eigenvalue weighted by Gasteiger charge is 2.20. The van der Waals surface area contributed by atoms with Crippen LogP contribution in [0.3, 0.4) is 0 Å². The van der Waals surface area contributed by atoms with Gasteiger partial charge in [0.2, 0.25) is 0 Å². The lowest BCUT2D eigenvalue weighted by Crippen LogP contribution is -2.32. The number of carbonyl (C=O) groups is 1. The Balaban J connectivity index is 1.90. The zero-order chi connectivity index (χ0) is 23.4. The van der Waals surface area contributed by atoms with E-state index in [-0.39, 0.29) is 23.6 Å². The maximum absolute atomic E-state index is 13.2. The van der Waals surface area contributed by atoms with E-state index in [1.165, 1.54) is 4.90 Å². The highest BCUT2D eigenvalue weighted by atomic mass is 16.2. The number of nitrogens with one attached hydrogen (secondary N) is 1. The molecule has 0 aliphatic heterocycles. The monoisotopic (exact) mass is 431 g/mol. The van der Waals surface area contributed by atoms with Gasteiger partial charge < -0.3 is 14.5 Å². The number of carbonyl (C=O) groups excluding carboxylic acids is 1. The molecular weight excluding hydrogens is 402 g/mol. The van der Waals surface area contributed by atoms with Crippen LogP contribution in [0.2, 0.25) is 0 Å². The second-order valence-electron chi connectivity index (χ2n) is 8.35. The predicted molar refractivity (Wildman–Crippen MR) is 126 cm³/mol. The number of aromatic nitrogens is 3. The van der Waals surface area contributed by atoms with E-state index in [4.69, 9.17) is 0 Å². The van der Waals surface area contributed by atoms with Crippen molar-refractivity contribution in [1.82, 2.24) is 19.4 Å². The lowest BCUT2D eigenvalue weighted by atomic mass is 10.1. The van der Waals surface area contributed by atoms with Crippen molar-refractivity contribution in [3.05, 3.63) is 69.0 Å². The van der Waals surface area contributed by atoms with Gasteiger partial charge in [-0.2, -0.15) is 5.26 Å². The number of para-hydroxylation sites is 1. The highest BCUT2D eigenvalue weighted by Crippen LogP contribution is 2.20. The predicted octanol–water partition coefficient (Wildman–Crippen LogP) is 3.95. The molecule has 2 aromatic heterocycles. The van der Waals surface area contributed by atoms with Crippen LogP contribution in [0, 0.1) is 31.1 Å². The zero-order valence-corrected chi connectivity index (χ0v) is 19.3. The molecule has 1 aromatic carbocycles. The van der Waals surface area contributed by atoms with Crippen LogP contribution in [-0.2, 0) is 17.9 Å². The van der Waals surface area contributed by atoms with Crippen molar-refractivity contribution in [2.75, 3.05) is 6.54 Å². The molecule has 0 fully saturated rings. The van der Waals surface area contributed by atoms with Crippen molar-refractivity contribution in [2.24, 2.45) is 5.92 Å². The summed E-state index contributed by atoms with van der Waals surface area (Å²) >= 11 is 0. The topological polar surface area (TPSA) is 94.8 Å². The number of amides is 1. The Bertz CT molecular complexity index is 1270. The van der Waals surface area contributed by atoms with E-state index in [9.17, 15) is 14.9 Å². The van der Waals surface area contributed by atoms with Gasteiger partial charge >= 0.3 is 0 Å². The Labute approximate surface area is 188 Å². The minimum absolute atomic E-state index is 0.0554. The summed E-state index contributed by atoms with van der Waals surface area (Å²) in [5.74, 6) is 0.483. The minimum atomic E-state index is -0.389. The third kappa shape index (κ3) is 4.80. The number of hydrogen-bond donors (Lipinski definition) is 1. The second kappa shape index (κ2) is 9.65. The van der Waals surface area contributed by atoms with E-state index in [0.29, 0.717) is 29.2 Å². The summed E-state index contributed by atoms with van der Waals surface area (Å²) in [7, 11) is 0. The van der Waals surface area contributed by atoms with E-state index < -0.39 is 0 Å². The van der Waals surface area contributed by atoms with Crippen molar-refractivity contribution >= 4 is 22.9 Å². The average molecular weight is 432 g/mol. The van der Waals surface area contributed by atoms with Gasteiger partial charge in [0.25, 0.3) is 11.5 Å². The minimum Gasteiger partial charge on any atom is -0.348 e. The molecule has 0 atom stereocenters. The van der Waals surface area contributed by atoms with Crippen LogP contribution in [-0.4, -0.2) is 31.9 Å². The zero-order valence-electron chi connectivity index (χ0n) is 19.3. The normalized spacial score (nSPS) is 11.7. The molecule has 0 aliphatic carbocycles. The quantitative estimate of drug-likeness (QED) is 0.453. The summed E-state index contributed by atoms with van der Waals surface area (Å²) in [5.41, 5.74) is 3.37. The number of hydrogen-bond acceptors (Lipinski definition) is 4. The molecule has 0 radical (unpaired) electrons. The molecule has 1 amide bonds. The van der Waals surface area contributed by atoms with Crippen molar-refractivity contribution in [2.45, 2.75) is 47.7 Å². The molecule has 0 unspecified atom stereocenters. The average Bonchev–Trinajstić information content (AvgIpc) is 3.02. The Hall–Kier alpha value is -3.66. The molecular formula is C25H29N5O2. The first-order chi connectivity index (χ1) is 15.2. The van der Waals surface area contributed by atoms with Gasteiger partial charge in [-0.1, -0.05) is 26.0 Å². The third-order valence-corrected chi connectivity index (χ3v) is 5.48. The fourth-order valence-electron chi connectivity index (χ4n) is 3.81. The fourth-order valence-corrected chi connectivity index (χ4v) is 3.81. The van der Waals surface area contributed by atoms with Crippen molar-refractivity contribution in [3.63, 3.8) is 0 Å². The molecule has 0 spiro atoms. The first-order valence-corrected chi connectivity index (χ1v) is 10.8. The number of nitrogens with zero attached hydrogens (tertiary/aromatic N) is 4. The molecule has 3 aromatic rings. The molecule has 166 valence electrons. The second-order valence-corrected chi connectivity index (χ2v) is 8.35. The molecule has 7 nitrogen and oxygen atoms in total. The molecule has 0 bridgehead atoms. The van der Waals surface area contributed by atoms with E-state index in [0.717, 1.165) is 23.5 Å². The molecule has 2 heterocycles. The number of H-pyrrole nitrogens is 1. The van der Waals surface area contributed by atoms with Gasteiger partial charge in [0.15, 0.2) is 0 Å². The van der Waals surface area contributed by atoms with Crippen LogP contribution in [0.25, 0.3) is 17.0 Å². The number of aryl methyl sites for hydroxylation is 1. The van der Waals surface area contributed by atoms with E-state index >= 15 is 0 Å². The first kappa shape index (κ1) is 23.0. The Kier molecular flexibility index (Phi) is 6.94. The van der Waals surface area contributed by atoms with Gasteiger partial charge in [0, 0.05) is 24.5 Å². The maximum atomic E-state index is 13.2. The molecule has 0 saturated heterocycles. The molecule has 3 rings (SSSR count). The Morgan fingerprint density at radius 1 is 1.31 bits per heavy atom. The lowest BCUT2D eigenvalue weighted by Gasteiger charge is -2.20. The van der Waals surface area contributed by atoms with E-state index in [2.05, 4.69) is 34.5 Å². The summed E-state index contributed by atoms with van der Waals surface area (Å²) in [6.45, 7) is 11.5. The number of fused-ring (bicyclic) bond motifs is 1. The van der Waals surface area contributed by atoms with Crippen molar-refractivity contribution < 1.29 is 4.79 Å². The van der Waals surface area contributed by atoms with Gasteiger partial charge in [0.05, 0.1) is 17.4 Å². The van der Waals surface area contributed by atoms with Crippen LogP contribution in [0.1, 0.15) is 43.5 Å². The first-order valence-electron chi connectivity index (χ1n) is 10.8. The maximum Gasteiger partial charge on any atom is 0.264 e. The van der Waals surface area contributed by atoms with Gasteiger partial charge in [-0.15, -0.1) is 0 Å². The third-order valence-electron chi connectivity index (χ3n) is 5.48. The van der Waals surface area contributed by atoms with Gasteiger partial charge in [-0.25, -0.2) is 4.98 Å². The number of nitriles is 1. The highest BCUT2D eigenvalue weighted by molar-refractivity contribution is 6.01. The van der Waals surface area contributed by atoms with Gasteiger partial charge in [-0.05, 0) is 56.5 Å². The standard InChI is InChI=1S/C25H29N5O2/c1-6-29(15-23-27-22-10-8-7-9-21(22)24(31)28-23)25(32)20(13-26)12-19-11-17(4)30(18(19)5)14-16(2)3/h7-12,16H,6,14-15H2,1-5H3,(H,27,28,31)/b20-12+. The number of rotatable bonds is 7. The summed E-state index contributed by atoms with van der Waals surface area (Å²) < 4.78 is 2.21. The fraction of sp³-hybridized carbons (Fsp3) is 0.360. The largest absolute Gasteiger partial charge is 0.348 e. The summed E-state index contributed by atoms with van der Waals surface area (Å²) in [5, 5.41) is 10.2. The molecule has 0 saturated carbocycles. The molecule has 32 heavy (non-hydrogen) atoms. The summed E-state index contributed by atoms with van der Waals surface area (Å²) in [6.07, 6.45) is 1.65. The SMILES string of the molecule is CCN(Cc1nc2ccccc2c(=O)[nH]1)C(=O)/C(C#N)=C/c1cc(C)n(CC(C)C)c1C. The Morgan fingerprint density at radius 3 is 2.69 bits per heavy atom. The van der Waals surface area contributed by atoms with Crippen LogP contribution >= 0.6 is 0 Å². The number of benzene rings is 1. The summed E-state index contributed by atoms with van der Waals surface area (Å²) in [6, 6.07) is 11.1. The van der Waals surface area contributed by atoms with Crippen LogP contribution in [0.5, 0.6) is 0 Å². The van der Waals surface area contributed by atoms with Gasteiger partial charge in [-0.3, -0.25) is 9.59 Å². The van der Waals surface area contributed by atoms with Crippen LogP contribution in [0.4, 0.5) is 0 Å². The molecule has 7 heteroatoms. The van der Waals surface area contributed by atoms with Gasteiger partial charge in [0.1, 0.15) is 17.5 Å². The smallest absolute Gasteiger partial charge is 0.264 e. The lowest BCUT2D eigenvalue weighted by molar-refractivity contribution is -0.127. The summed E-state index contributed by atoms with van der Waals surface area (Å²) in [4.78, 5) is 34.2. The van der Waals surface area contributed by atoms with Crippen molar-refractivity contribution in [1.29, 1.82) is 5.26 Å². The number of likely N-dealkylation sites (N-methyl/N-ethyl adjacent to an activating group) is 1. The van der Waals surface area contributed by atoms with E-state index in [1.807, 2.05) is 32.9 Å².